The van der Waals surface area contributed by atoms with Gasteiger partial charge in [-0.15, -0.1) is 0 Å². The standard InChI is InChI=1S/C21H31N3O3/c1-27-20(25)16-10-12-17(13-11-16)22-21(26)23-18-7-6-14-24(15-18)19-8-4-2-3-5-9-19/h10-13,18-19H,2-9,14-15H2,1H3,(H2,22,23,26)/t18-/m0/s1. The molecule has 2 aliphatic rings. The van der Waals surface area contributed by atoms with Crippen LogP contribution in [0.3, 0.4) is 0 Å². The number of ether oxygens (including phenoxy) is 1. The Labute approximate surface area is 161 Å². The number of nitrogens with one attached hydrogen (secondary N) is 2. The van der Waals surface area contributed by atoms with E-state index in [1.165, 1.54) is 45.6 Å². The monoisotopic (exact) mass is 373 g/mol. The number of hydrogen-bond donors (Lipinski definition) is 2. The van der Waals surface area contributed by atoms with Gasteiger partial charge < -0.3 is 15.4 Å². The first kappa shape index (κ1) is 19.7. The largest absolute Gasteiger partial charge is 0.465 e. The summed E-state index contributed by atoms with van der Waals surface area (Å²) in [6.07, 6.45) is 10.2. The van der Waals surface area contributed by atoms with Gasteiger partial charge in [0.05, 0.1) is 12.7 Å². The Morgan fingerprint density at radius 1 is 1.00 bits per heavy atom. The number of likely N-dealkylation sites (tertiary alicyclic amines) is 1. The summed E-state index contributed by atoms with van der Waals surface area (Å²) in [7, 11) is 1.35. The Morgan fingerprint density at radius 2 is 1.70 bits per heavy atom. The lowest BCUT2D eigenvalue weighted by Gasteiger charge is -2.38. The van der Waals surface area contributed by atoms with Crippen LogP contribution in [0, 0.1) is 0 Å². The number of carbonyl (C=O) groups is 2. The van der Waals surface area contributed by atoms with Crippen molar-refractivity contribution in [2.45, 2.75) is 63.5 Å². The average Bonchev–Trinajstić information content (AvgIpc) is 2.97. The van der Waals surface area contributed by atoms with E-state index in [4.69, 9.17) is 0 Å². The number of esters is 1. The highest BCUT2D eigenvalue weighted by atomic mass is 16.5. The number of rotatable bonds is 4. The van der Waals surface area contributed by atoms with Crippen molar-refractivity contribution in [3.63, 3.8) is 0 Å². The van der Waals surface area contributed by atoms with Crippen molar-refractivity contribution < 1.29 is 14.3 Å². The highest BCUT2D eigenvalue weighted by Gasteiger charge is 2.27. The minimum Gasteiger partial charge on any atom is -0.465 e. The minimum absolute atomic E-state index is 0.187. The molecule has 0 radical (unpaired) electrons. The highest BCUT2D eigenvalue weighted by Crippen LogP contribution is 2.24. The van der Waals surface area contributed by atoms with Gasteiger partial charge in [-0.25, -0.2) is 9.59 Å². The van der Waals surface area contributed by atoms with Crippen LogP contribution in [0.1, 0.15) is 61.7 Å². The summed E-state index contributed by atoms with van der Waals surface area (Å²) in [5.41, 5.74) is 1.13. The maximum Gasteiger partial charge on any atom is 0.337 e. The Balaban J connectivity index is 1.49. The number of piperidine rings is 1. The fourth-order valence-corrected chi connectivity index (χ4v) is 4.24. The van der Waals surface area contributed by atoms with Gasteiger partial charge in [0.2, 0.25) is 0 Å². The summed E-state index contributed by atoms with van der Waals surface area (Å²) in [6.45, 7) is 2.10. The van der Waals surface area contributed by atoms with Gasteiger partial charge in [0.25, 0.3) is 0 Å². The molecule has 1 saturated carbocycles. The zero-order chi connectivity index (χ0) is 19.1. The summed E-state index contributed by atoms with van der Waals surface area (Å²) in [5, 5.41) is 5.97. The van der Waals surface area contributed by atoms with Gasteiger partial charge in [0, 0.05) is 24.3 Å². The molecule has 0 aromatic heterocycles. The lowest BCUT2D eigenvalue weighted by Crippen LogP contribution is -2.51. The first-order valence-corrected chi connectivity index (χ1v) is 10.2. The Hall–Kier alpha value is -2.08. The van der Waals surface area contributed by atoms with E-state index < -0.39 is 0 Å². The van der Waals surface area contributed by atoms with E-state index in [0.29, 0.717) is 17.3 Å². The summed E-state index contributed by atoms with van der Waals surface area (Å²) in [6, 6.07) is 7.41. The molecule has 1 aromatic carbocycles. The fourth-order valence-electron chi connectivity index (χ4n) is 4.24. The maximum atomic E-state index is 12.4. The summed E-state index contributed by atoms with van der Waals surface area (Å²) in [5.74, 6) is -0.383. The van der Waals surface area contributed by atoms with E-state index in [9.17, 15) is 9.59 Å². The highest BCUT2D eigenvalue weighted by molar-refractivity contribution is 5.92. The van der Waals surface area contributed by atoms with E-state index >= 15 is 0 Å². The summed E-state index contributed by atoms with van der Waals surface area (Å²) < 4.78 is 4.68. The molecule has 2 fully saturated rings. The second-order valence-electron chi connectivity index (χ2n) is 7.65. The van der Waals surface area contributed by atoms with E-state index in [2.05, 4.69) is 20.3 Å². The zero-order valence-electron chi connectivity index (χ0n) is 16.2. The molecule has 1 aliphatic carbocycles. The first-order valence-electron chi connectivity index (χ1n) is 10.2. The quantitative estimate of drug-likeness (QED) is 0.622. The van der Waals surface area contributed by atoms with Crippen molar-refractivity contribution in [2.24, 2.45) is 0 Å². The van der Waals surface area contributed by atoms with Gasteiger partial charge in [-0.3, -0.25) is 4.90 Å². The van der Waals surface area contributed by atoms with Crippen LogP contribution in [0.4, 0.5) is 10.5 Å². The van der Waals surface area contributed by atoms with Gasteiger partial charge in [0.15, 0.2) is 0 Å². The second-order valence-corrected chi connectivity index (χ2v) is 7.65. The Kier molecular flexibility index (Phi) is 7.10. The molecule has 1 saturated heterocycles. The molecule has 2 amide bonds. The summed E-state index contributed by atoms with van der Waals surface area (Å²) >= 11 is 0. The Morgan fingerprint density at radius 3 is 2.37 bits per heavy atom. The predicted molar refractivity (Wildman–Crippen MR) is 106 cm³/mol. The van der Waals surface area contributed by atoms with E-state index in [1.807, 2.05) is 0 Å². The van der Waals surface area contributed by atoms with Crippen molar-refractivity contribution in [3.05, 3.63) is 29.8 Å². The summed E-state index contributed by atoms with van der Waals surface area (Å²) in [4.78, 5) is 26.4. The second kappa shape index (κ2) is 9.74. The molecule has 1 heterocycles. The fraction of sp³-hybridized carbons (Fsp3) is 0.619. The van der Waals surface area contributed by atoms with E-state index in [-0.39, 0.29) is 18.0 Å². The number of hydrogen-bond acceptors (Lipinski definition) is 4. The lowest BCUT2D eigenvalue weighted by molar-refractivity contribution is 0.0600. The van der Waals surface area contributed by atoms with Gasteiger partial charge in [0.1, 0.15) is 0 Å². The van der Waals surface area contributed by atoms with Crippen LogP contribution in [0.15, 0.2) is 24.3 Å². The molecule has 2 N–H and O–H groups in total. The van der Waals surface area contributed by atoms with E-state index in [1.54, 1.807) is 24.3 Å². The molecule has 3 rings (SSSR count). The topological polar surface area (TPSA) is 70.7 Å². The molecule has 0 spiro atoms. The number of urea groups is 1. The lowest BCUT2D eigenvalue weighted by atomic mass is 10.00. The van der Waals surface area contributed by atoms with Gasteiger partial charge >= 0.3 is 12.0 Å². The van der Waals surface area contributed by atoms with Crippen LogP contribution in [0.5, 0.6) is 0 Å². The number of methoxy groups -OCH3 is 1. The normalized spacial score (nSPS) is 21.9. The number of amides is 2. The molecule has 27 heavy (non-hydrogen) atoms. The third-order valence-corrected chi connectivity index (χ3v) is 5.69. The van der Waals surface area contributed by atoms with Crippen LogP contribution >= 0.6 is 0 Å². The van der Waals surface area contributed by atoms with Gasteiger partial charge in [-0.05, 0) is 56.5 Å². The van der Waals surface area contributed by atoms with Crippen molar-refractivity contribution in [1.29, 1.82) is 0 Å². The van der Waals surface area contributed by atoms with Crippen LogP contribution < -0.4 is 10.6 Å². The van der Waals surface area contributed by atoms with Crippen molar-refractivity contribution in [1.82, 2.24) is 10.2 Å². The van der Waals surface area contributed by atoms with Crippen molar-refractivity contribution in [2.75, 3.05) is 25.5 Å². The Bertz CT molecular complexity index is 624. The molecule has 0 unspecified atom stereocenters. The predicted octanol–water partition coefficient (Wildman–Crippen LogP) is 3.78. The first-order chi connectivity index (χ1) is 13.2. The number of nitrogens with zero attached hydrogens (tertiary/aromatic N) is 1. The molecule has 0 bridgehead atoms. The minimum atomic E-state index is -0.383. The molecule has 148 valence electrons. The third kappa shape index (κ3) is 5.70. The molecule has 1 aliphatic heterocycles. The molecular weight excluding hydrogens is 342 g/mol. The SMILES string of the molecule is COC(=O)c1ccc(NC(=O)N[C@H]2CCCN(C3CCCCCC3)C2)cc1. The average molecular weight is 373 g/mol. The van der Waals surface area contributed by atoms with Crippen molar-refractivity contribution >= 4 is 17.7 Å². The molecule has 1 aromatic rings. The third-order valence-electron chi connectivity index (χ3n) is 5.69. The van der Waals surface area contributed by atoms with Gasteiger partial charge in [-0.2, -0.15) is 0 Å². The van der Waals surface area contributed by atoms with Gasteiger partial charge in [-0.1, -0.05) is 25.7 Å². The van der Waals surface area contributed by atoms with Crippen LogP contribution in [0.2, 0.25) is 0 Å². The van der Waals surface area contributed by atoms with Crippen molar-refractivity contribution in [3.8, 4) is 0 Å². The molecular formula is C21H31N3O3. The number of anilines is 1. The van der Waals surface area contributed by atoms with Crippen LogP contribution in [-0.4, -0.2) is 49.2 Å². The smallest absolute Gasteiger partial charge is 0.337 e. The maximum absolute atomic E-state index is 12.4. The zero-order valence-corrected chi connectivity index (χ0v) is 16.2. The van der Waals surface area contributed by atoms with Crippen LogP contribution in [-0.2, 0) is 4.74 Å². The number of carbonyl (C=O) groups excluding carboxylic acids is 2. The van der Waals surface area contributed by atoms with Crippen LogP contribution in [0.25, 0.3) is 0 Å². The molecule has 1 atom stereocenters. The van der Waals surface area contributed by atoms with E-state index in [0.717, 1.165) is 25.9 Å². The number of benzene rings is 1. The molecule has 6 heteroatoms. The molecule has 6 nitrogen and oxygen atoms in total.